The summed E-state index contributed by atoms with van der Waals surface area (Å²) in [6, 6.07) is 9.04. The van der Waals surface area contributed by atoms with Crippen molar-refractivity contribution in [3.05, 3.63) is 74.5 Å². The van der Waals surface area contributed by atoms with Crippen molar-refractivity contribution < 1.29 is 18.0 Å². The SMILES string of the molecule is O=C(Cn1ccc(=O)c2ccc(Cl)cc21)Nc1ccc(Cl)c(C(F)(F)F)c1. The molecule has 0 aliphatic heterocycles. The van der Waals surface area contributed by atoms with E-state index < -0.39 is 22.7 Å². The lowest BCUT2D eigenvalue weighted by atomic mass is 10.2. The molecule has 3 aromatic rings. The van der Waals surface area contributed by atoms with Crippen LogP contribution in [0.4, 0.5) is 18.9 Å². The largest absolute Gasteiger partial charge is 0.417 e. The van der Waals surface area contributed by atoms with Crippen molar-refractivity contribution in [1.82, 2.24) is 4.57 Å². The van der Waals surface area contributed by atoms with Crippen molar-refractivity contribution >= 4 is 45.7 Å². The molecule has 0 fully saturated rings. The number of benzene rings is 2. The van der Waals surface area contributed by atoms with Gasteiger partial charge in [0.15, 0.2) is 5.43 Å². The third-order valence-corrected chi connectivity index (χ3v) is 4.37. The molecule has 0 spiro atoms. The summed E-state index contributed by atoms with van der Waals surface area (Å²) in [6.07, 6.45) is -3.22. The molecular weight excluding hydrogens is 404 g/mol. The first-order valence-corrected chi connectivity index (χ1v) is 8.36. The highest BCUT2D eigenvalue weighted by Gasteiger charge is 2.33. The molecule has 9 heteroatoms. The maximum Gasteiger partial charge on any atom is 0.417 e. The Morgan fingerprint density at radius 2 is 1.81 bits per heavy atom. The highest BCUT2D eigenvalue weighted by Crippen LogP contribution is 2.36. The second-order valence-electron chi connectivity index (χ2n) is 5.71. The first-order chi connectivity index (χ1) is 12.6. The summed E-state index contributed by atoms with van der Waals surface area (Å²) in [5, 5.41) is 2.70. The Labute approximate surface area is 161 Å². The lowest BCUT2D eigenvalue weighted by Crippen LogP contribution is -2.20. The van der Waals surface area contributed by atoms with Crippen molar-refractivity contribution in [2.75, 3.05) is 5.32 Å². The summed E-state index contributed by atoms with van der Waals surface area (Å²) < 4.78 is 40.2. The van der Waals surface area contributed by atoms with Crippen LogP contribution in [0.25, 0.3) is 10.9 Å². The van der Waals surface area contributed by atoms with Crippen molar-refractivity contribution in [3.63, 3.8) is 0 Å². The smallest absolute Gasteiger partial charge is 0.338 e. The number of carbonyl (C=O) groups excluding carboxylic acids is 1. The van der Waals surface area contributed by atoms with E-state index in [2.05, 4.69) is 5.32 Å². The van der Waals surface area contributed by atoms with Crippen LogP contribution in [0.1, 0.15) is 5.56 Å². The lowest BCUT2D eigenvalue weighted by Gasteiger charge is -2.13. The Hall–Kier alpha value is -2.51. The topological polar surface area (TPSA) is 51.1 Å². The number of rotatable bonds is 3. The van der Waals surface area contributed by atoms with Gasteiger partial charge in [0.2, 0.25) is 5.91 Å². The number of amides is 1. The predicted octanol–water partition coefficient (Wildman–Crippen LogP) is 4.97. The third kappa shape index (κ3) is 4.26. The molecule has 0 bridgehead atoms. The number of nitrogens with zero attached hydrogens (tertiary/aromatic N) is 1. The zero-order valence-electron chi connectivity index (χ0n) is 13.5. The maximum atomic E-state index is 12.9. The number of alkyl halides is 3. The van der Waals surface area contributed by atoms with Crippen molar-refractivity contribution in [3.8, 4) is 0 Å². The van der Waals surface area contributed by atoms with Crippen LogP contribution in [0, 0.1) is 0 Å². The number of pyridine rings is 1. The number of nitrogens with one attached hydrogen (secondary N) is 1. The number of hydrogen-bond donors (Lipinski definition) is 1. The van der Waals surface area contributed by atoms with Gasteiger partial charge in [-0.25, -0.2) is 0 Å². The molecule has 1 amide bonds. The molecular formula is C18H11Cl2F3N2O2. The average molecular weight is 415 g/mol. The number of fused-ring (bicyclic) bond motifs is 1. The van der Waals surface area contributed by atoms with E-state index in [-0.39, 0.29) is 17.7 Å². The minimum Gasteiger partial charge on any atom is -0.338 e. The van der Waals surface area contributed by atoms with Crippen LogP contribution in [-0.4, -0.2) is 10.5 Å². The Balaban J connectivity index is 1.87. The van der Waals surface area contributed by atoms with Crippen LogP contribution in [-0.2, 0) is 17.5 Å². The van der Waals surface area contributed by atoms with Crippen molar-refractivity contribution in [2.24, 2.45) is 0 Å². The molecule has 0 unspecified atom stereocenters. The quantitative estimate of drug-likeness (QED) is 0.657. The summed E-state index contributed by atoms with van der Waals surface area (Å²) in [5.74, 6) is -0.574. The monoisotopic (exact) mass is 414 g/mol. The molecule has 1 N–H and O–H groups in total. The van der Waals surface area contributed by atoms with Gasteiger partial charge in [0.1, 0.15) is 6.54 Å². The van der Waals surface area contributed by atoms with Gasteiger partial charge >= 0.3 is 6.18 Å². The standard InChI is InChI=1S/C18H11Cl2F3N2O2/c19-10-1-3-12-15(7-10)25(6-5-16(12)26)9-17(27)24-11-2-4-14(20)13(8-11)18(21,22)23/h1-8H,9H2,(H,24,27). The fourth-order valence-corrected chi connectivity index (χ4v) is 2.98. The third-order valence-electron chi connectivity index (χ3n) is 3.81. The molecule has 0 aliphatic rings. The minimum absolute atomic E-state index is 0.0416. The fraction of sp³-hybridized carbons (Fsp3) is 0.111. The van der Waals surface area contributed by atoms with E-state index in [0.717, 1.165) is 12.1 Å². The van der Waals surface area contributed by atoms with Crippen LogP contribution in [0.3, 0.4) is 0 Å². The van der Waals surface area contributed by atoms with Gasteiger partial charge in [0.05, 0.1) is 16.1 Å². The lowest BCUT2D eigenvalue weighted by molar-refractivity contribution is -0.137. The second-order valence-corrected chi connectivity index (χ2v) is 6.55. The summed E-state index contributed by atoms with van der Waals surface area (Å²) in [6.45, 7) is -0.221. The van der Waals surface area contributed by atoms with Crippen LogP contribution < -0.4 is 10.7 Å². The molecule has 4 nitrogen and oxygen atoms in total. The van der Waals surface area contributed by atoms with E-state index in [4.69, 9.17) is 23.2 Å². The molecule has 0 saturated heterocycles. The van der Waals surface area contributed by atoms with E-state index in [1.54, 1.807) is 12.1 Å². The molecule has 0 atom stereocenters. The highest BCUT2D eigenvalue weighted by atomic mass is 35.5. The maximum absolute atomic E-state index is 12.9. The molecule has 2 aromatic carbocycles. The first kappa shape index (κ1) is 19.3. The Kier molecular flexibility index (Phi) is 5.17. The zero-order chi connectivity index (χ0) is 19.8. The van der Waals surface area contributed by atoms with E-state index in [0.29, 0.717) is 15.9 Å². The van der Waals surface area contributed by atoms with Crippen molar-refractivity contribution in [2.45, 2.75) is 12.7 Å². The zero-order valence-corrected chi connectivity index (χ0v) is 15.0. The summed E-state index contributed by atoms with van der Waals surface area (Å²) in [5.41, 5.74) is -0.870. The van der Waals surface area contributed by atoms with Gasteiger partial charge in [-0.2, -0.15) is 13.2 Å². The van der Waals surface area contributed by atoms with Crippen molar-refractivity contribution in [1.29, 1.82) is 0 Å². The highest BCUT2D eigenvalue weighted by molar-refractivity contribution is 6.31. The summed E-state index contributed by atoms with van der Waals surface area (Å²) >= 11 is 11.5. The van der Waals surface area contributed by atoms with E-state index in [1.807, 2.05) is 0 Å². The fourth-order valence-electron chi connectivity index (χ4n) is 2.59. The van der Waals surface area contributed by atoms with Gasteiger partial charge in [0.25, 0.3) is 0 Å². The number of hydrogen-bond acceptors (Lipinski definition) is 2. The summed E-state index contributed by atoms with van der Waals surface area (Å²) in [4.78, 5) is 24.2. The number of aromatic nitrogens is 1. The van der Waals surface area contributed by atoms with Gasteiger partial charge < -0.3 is 9.88 Å². The normalized spacial score (nSPS) is 11.6. The Morgan fingerprint density at radius 3 is 2.52 bits per heavy atom. The average Bonchev–Trinajstić information content (AvgIpc) is 2.58. The number of halogens is 5. The van der Waals surface area contributed by atoms with Gasteiger partial charge in [-0.05, 0) is 36.4 Å². The molecule has 0 radical (unpaired) electrons. The van der Waals surface area contributed by atoms with Crippen LogP contribution in [0.2, 0.25) is 10.0 Å². The van der Waals surface area contributed by atoms with E-state index in [1.165, 1.54) is 29.0 Å². The molecule has 0 saturated carbocycles. The van der Waals surface area contributed by atoms with E-state index >= 15 is 0 Å². The minimum atomic E-state index is -4.64. The van der Waals surface area contributed by atoms with E-state index in [9.17, 15) is 22.8 Å². The predicted molar refractivity (Wildman–Crippen MR) is 98.3 cm³/mol. The molecule has 0 aliphatic carbocycles. The molecule has 3 rings (SSSR count). The Morgan fingerprint density at radius 1 is 1.07 bits per heavy atom. The molecule has 1 aromatic heterocycles. The molecule has 1 heterocycles. The van der Waals surface area contributed by atoms with Gasteiger partial charge in [0, 0.05) is 28.4 Å². The van der Waals surface area contributed by atoms with Gasteiger partial charge in [-0.1, -0.05) is 23.2 Å². The summed E-state index contributed by atoms with van der Waals surface area (Å²) in [7, 11) is 0. The van der Waals surface area contributed by atoms with Gasteiger partial charge in [-0.3, -0.25) is 9.59 Å². The first-order valence-electron chi connectivity index (χ1n) is 7.60. The molecule has 27 heavy (non-hydrogen) atoms. The second kappa shape index (κ2) is 7.25. The number of carbonyl (C=O) groups is 1. The number of anilines is 1. The van der Waals surface area contributed by atoms with Crippen LogP contribution in [0.15, 0.2) is 53.5 Å². The molecule has 140 valence electrons. The Bertz CT molecular complexity index is 1090. The van der Waals surface area contributed by atoms with Crippen LogP contribution in [0.5, 0.6) is 0 Å². The van der Waals surface area contributed by atoms with Crippen LogP contribution >= 0.6 is 23.2 Å². The van der Waals surface area contributed by atoms with Gasteiger partial charge in [-0.15, -0.1) is 0 Å².